The Morgan fingerprint density at radius 1 is 0.154 bits per heavy atom. The number of para-hydroxylation sites is 4. The molecule has 0 aliphatic carbocycles. The Hall–Kier alpha value is -15.8. The van der Waals surface area contributed by atoms with Crippen LogP contribution in [0.25, 0.3) is 222 Å². The summed E-state index contributed by atoms with van der Waals surface area (Å²) in [5.74, 6) is 1.45. The summed E-state index contributed by atoms with van der Waals surface area (Å²) in [6.07, 6.45) is 0. The van der Waals surface area contributed by atoms with E-state index in [9.17, 15) is 0 Å². The number of nitrogens with zero attached hydrogens (tertiary/aromatic N) is 6. The van der Waals surface area contributed by atoms with E-state index in [1.54, 1.807) is 0 Å². The van der Waals surface area contributed by atoms with Crippen LogP contribution in [0.3, 0.4) is 0 Å². The molecule has 23 rings (SSSR count). The highest BCUT2D eigenvalue weighted by Crippen LogP contribution is 2.44. The average molecular weight is 1500 g/mol. The van der Waals surface area contributed by atoms with Gasteiger partial charge in [0.2, 0.25) is 0 Å². The summed E-state index contributed by atoms with van der Waals surface area (Å²) in [5.41, 5.74) is 30.2. The Morgan fingerprint density at radius 3 is 0.949 bits per heavy atom. The van der Waals surface area contributed by atoms with Gasteiger partial charge in [-0.15, -0.1) is 0 Å². The fourth-order valence-corrected chi connectivity index (χ4v) is 16.3. The monoisotopic (exact) mass is 1500 g/mol. The predicted octanol–water partition coefficient (Wildman–Crippen LogP) is 28.9. The molecule has 23 aromatic rings. The molecule has 6 aromatic heterocycles. The Bertz CT molecular complexity index is 7650. The minimum absolute atomic E-state index is 0.723. The summed E-state index contributed by atoms with van der Waals surface area (Å²) in [4.78, 5) is 30.5. The van der Waals surface area contributed by atoms with Crippen LogP contribution in [0, 0.1) is 0 Å². The lowest BCUT2D eigenvalue weighted by atomic mass is 9.96. The van der Waals surface area contributed by atoms with Gasteiger partial charge in [-0.3, -0.25) is 0 Å². The van der Waals surface area contributed by atoms with Crippen LogP contribution in [0.15, 0.2) is 426 Å². The maximum Gasteiger partial charge on any atom is 0.160 e. The fraction of sp³-hybridized carbons (Fsp3) is 0. The van der Waals surface area contributed by atoms with Crippen LogP contribution in [0.5, 0.6) is 0 Å². The van der Waals surface area contributed by atoms with E-state index < -0.39 is 0 Å². The quantitative estimate of drug-likeness (QED) is 0.125. The van der Waals surface area contributed by atoms with Gasteiger partial charge in [0, 0.05) is 82.0 Å². The molecular weight excluding hydrogens is 1430 g/mol. The van der Waals surface area contributed by atoms with Gasteiger partial charge < -0.3 is 13.3 Å². The third kappa shape index (κ3) is 13.1. The fourth-order valence-electron chi connectivity index (χ4n) is 16.3. The highest BCUT2D eigenvalue weighted by molar-refractivity contribution is 6.15. The number of rotatable bonds is 11. The SMILES string of the molecule is c1ccc(-c2nc(-c3ccccc3)c3cc(-c4ccc(-c5cccc6oc7ccccc7c56)cc4)ccc3n2)cc1.c1ccc(-c2nc(-c3ccccc3)c3ccc(-c4cccc5oc6ccccc6c45)cc3n2)cc1.c1ccc(-c2nc3cccc(-c4ccc(-c5cccc6oc7ccccc7c56)cc4)c3nc2-c2ccccc2)cc1. The molecular formula is C108H68N6O3. The van der Waals surface area contributed by atoms with Crippen molar-refractivity contribution in [1.29, 1.82) is 0 Å². The van der Waals surface area contributed by atoms with E-state index in [0.717, 1.165) is 217 Å². The van der Waals surface area contributed by atoms with E-state index >= 15 is 0 Å². The van der Waals surface area contributed by atoms with Crippen LogP contribution in [0.2, 0.25) is 0 Å². The van der Waals surface area contributed by atoms with Gasteiger partial charge in [0.15, 0.2) is 11.6 Å². The largest absolute Gasteiger partial charge is 0.456 e. The molecule has 117 heavy (non-hydrogen) atoms. The normalized spacial score (nSPS) is 11.4. The average Bonchev–Trinajstić information content (AvgIpc) is 1.73. The lowest BCUT2D eigenvalue weighted by Crippen LogP contribution is -1.97. The third-order valence-corrected chi connectivity index (χ3v) is 21.9. The van der Waals surface area contributed by atoms with Crippen molar-refractivity contribution in [2.24, 2.45) is 0 Å². The first-order valence-electron chi connectivity index (χ1n) is 39.2. The second-order valence-electron chi connectivity index (χ2n) is 29.0. The Balaban J connectivity index is 0.000000110. The van der Waals surface area contributed by atoms with Crippen LogP contribution in [-0.4, -0.2) is 29.9 Å². The summed E-state index contributed by atoms with van der Waals surface area (Å²) in [7, 11) is 0. The van der Waals surface area contributed by atoms with Crippen molar-refractivity contribution in [3.05, 3.63) is 413 Å². The van der Waals surface area contributed by atoms with E-state index in [0.29, 0.717) is 0 Å². The number of hydrogen-bond acceptors (Lipinski definition) is 9. The zero-order chi connectivity index (χ0) is 77.5. The lowest BCUT2D eigenvalue weighted by molar-refractivity contribution is 0.668. The van der Waals surface area contributed by atoms with E-state index in [2.05, 4.69) is 255 Å². The third-order valence-electron chi connectivity index (χ3n) is 21.9. The number of furan rings is 3. The van der Waals surface area contributed by atoms with Gasteiger partial charge in [0.25, 0.3) is 0 Å². The van der Waals surface area contributed by atoms with E-state index in [1.165, 1.54) is 5.56 Å². The van der Waals surface area contributed by atoms with Crippen LogP contribution in [-0.2, 0) is 0 Å². The van der Waals surface area contributed by atoms with E-state index in [-0.39, 0.29) is 0 Å². The summed E-state index contributed by atoms with van der Waals surface area (Å²) in [6, 6.07) is 142. The Morgan fingerprint density at radius 2 is 0.487 bits per heavy atom. The maximum absolute atomic E-state index is 6.13. The number of fused-ring (bicyclic) bond motifs is 12. The maximum atomic E-state index is 6.13. The molecule has 0 amide bonds. The molecule has 0 fully saturated rings. The molecule has 548 valence electrons. The van der Waals surface area contributed by atoms with Crippen molar-refractivity contribution < 1.29 is 13.3 Å². The molecule has 0 aliphatic heterocycles. The van der Waals surface area contributed by atoms with Gasteiger partial charge in [-0.1, -0.05) is 346 Å². The van der Waals surface area contributed by atoms with Crippen LogP contribution in [0.1, 0.15) is 0 Å². The number of hydrogen-bond donors (Lipinski definition) is 0. The molecule has 0 radical (unpaired) electrons. The molecule has 17 aromatic carbocycles. The second kappa shape index (κ2) is 30.0. The standard InChI is InChI=1S/2C38H24N2O.C32H20N2O/c1-3-11-27(12-4-1)36-37(28-13-5-2-6-14-28)40-38-30(17-9-18-32(38)39-36)26-23-21-25(22-24-26)29-16-10-20-34-35(29)31-15-7-8-19-33(31)41-34;1-3-10-27(11-4-1)37-32-24-29(22-23-33(32)39-38(40-37)28-12-5-2-6-13-28)25-18-20-26(21-19-25)30-15-9-17-35-36(30)31-14-7-8-16-34(31)41-35;1-3-10-21(11-4-1)31-25-19-18-23(20-27(25)33-32(34-31)22-12-5-2-6-13-22)24-15-9-17-29-30(24)26-14-7-8-16-28(26)35-29/h2*1-24H;1-20H. The number of benzene rings is 17. The van der Waals surface area contributed by atoms with Crippen LogP contribution in [0.4, 0.5) is 0 Å². The van der Waals surface area contributed by atoms with E-state index in [1.807, 2.05) is 158 Å². The molecule has 0 saturated heterocycles. The van der Waals surface area contributed by atoms with Crippen molar-refractivity contribution in [2.45, 2.75) is 0 Å². The zero-order valence-corrected chi connectivity index (χ0v) is 63.2. The molecule has 0 saturated carbocycles. The summed E-state index contributed by atoms with van der Waals surface area (Å²) >= 11 is 0. The highest BCUT2D eigenvalue weighted by atomic mass is 16.3. The molecule has 0 N–H and O–H groups in total. The predicted molar refractivity (Wildman–Crippen MR) is 480 cm³/mol. The van der Waals surface area contributed by atoms with Crippen molar-refractivity contribution in [3.8, 4) is 123 Å². The Kier molecular flexibility index (Phi) is 17.7. The van der Waals surface area contributed by atoms with Gasteiger partial charge in [0.1, 0.15) is 33.5 Å². The second-order valence-corrected chi connectivity index (χ2v) is 29.0. The van der Waals surface area contributed by atoms with Gasteiger partial charge in [-0.05, 0) is 117 Å². The number of aromatic nitrogens is 6. The van der Waals surface area contributed by atoms with Gasteiger partial charge >= 0.3 is 0 Å². The molecule has 9 heteroatoms. The lowest BCUT2D eigenvalue weighted by Gasteiger charge is -2.13. The molecule has 0 bridgehead atoms. The van der Waals surface area contributed by atoms with Crippen molar-refractivity contribution >= 4 is 98.7 Å². The summed E-state index contributed by atoms with van der Waals surface area (Å²) < 4.78 is 18.4. The van der Waals surface area contributed by atoms with Crippen LogP contribution >= 0.6 is 0 Å². The zero-order valence-electron chi connectivity index (χ0n) is 63.2. The van der Waals surface area contributed by atoms with Crippen molar-refractivity contribution in [2.75, 3.05) is 0 Å². The minimum atomic E-state index is 0.723. The van der Waals surface area contributed by atoms with Gasteiger partial charge in [-0.2, -0.15) is 0 Å². The molecule has 6 heterocycles. The topological polar surface area (TPSA) is 117 Å². The summed E-state index contributed by atoms with van der Waals surface area (Å²) in [5, 5.41) is 8.89. The first-order chi connectivity index (χ1) is 58.0. The van der Waals surface area contributed by atoms with Gasteiger partial charge in [0.05, 0.1) is 44.8 Å². The first-order valence-corrected chi connectivity index (χ1v) is 39.2. The highest BCUT2D eigenvalue weighted by Gasteiger charge is 2.22. The molecule has 0 unspecified atom stereocenters. The smallest absolute Gasteiger partial charge is 0.160 e. The molecule has 0 atom stereocenters. The first kappa shape index (κ1) is 69.1. The Labute approximate surface area is 673 Å². The molecule has 0 aliphatic rings. The minimum Gasteiger partial charge on any atom is -0.456 e. The molecule has 9 nitrogen and oxygen atoms in total. The van der Waals surface area contributed by atoms with E-state index in [4.69, 9.17) is 43.2 Å². The van der Waals surface area contributed by atoms with Crippen molar-refractivity contribution in [1.82, 2.24) is 29.9 Å². The molecule has 0 spiro atoms. The van der Waals surface area contributed by atoms with Crippen LogP contribution < -0.4 is 0 Å². The summed E-state index contributed by atoms with van der Waals surface area (Å²) in [6.45, 7) is 0. The van der Waals surface area contributed by atoms with Gasteiger partial charge in [-0.25, -0.2) is 29.9 Å². The van der Waals surface area contributed by atoms with Crippen molar-refractivity contribution in [3.63, 3.8) is 0 Å².